The van der Waals surface area contributed by atoms with Gasteiger partial charge in [-0.2, -0.15) is 0 Å². The quantitative estimate of drug-likeness (QED) is 0.828. The second-order valence-electron chi connectivity index (χ2n) is 6.80. The molecule has 0 spiro atoms. The van der Waals surface area contributed by atoms with Crippen molar-refractivity contribution < 1.29 is 9.53 Å². The number of nitrogens with zero attached hydrogens (tertiary/aromatic N) is 2. The largest absolute Gasteiger partial charge is 0.368 e. The molecule has 0 radical (unpaired) electrons. The summed E-state index contributed by atoms with van der Waals surface area (Å²) < 4.78 is 5.75. The predicted octanol–water partition coefficient (Wildman–Crippen LogP) is 0.698. The molecular weight excluding hydrogens is 254 g/mol. The topological polar surface area (TPSA) is 44.8 Å². The number of piperazine rings is 1. The molecule has 2 heterocycles. The Labute approximate surface area is 122 Å². The highest BCUT2D eigenvalue weighted by Crippen LogP contribution is 2.16. The number of nitrogens with one attached hydrogen (secondary N) is 1. The van der Waals surface area contributed by atoms with Gasteiger partial charge in [-0.05, 0) is 46.7 Å². The van der Waals surface area contributed by atoms with Crippen molar-refractivity contribution in [3.8, 4) is 0 Å². The molecule has 0 aliphatic carbocycles. The third-order valence-electron chi connectivity index (χ3n) is 4.31. The molecule has 1 amide bonds. The van der Waals surface area contributed by atoms with E-state index in [1.807, 2.05) is 4.90 Å². The predicted molar refractivity (Wildman–Crippen MR) is 79.7 cm³/mol. The Morgan fingerprint density at radius 3 is 2.30 bits per heavy atom. The molecule has 0 bridgehead atoms. The Hall–Kier alpha value is -0.650. The first-order valence-electron chi connectivity index (χ1n) is 7.82. The van der Waals surface area contributed by atoms with Crippen LogP contribution in [0, 0.1) is 0 Å². The summed E-state index contributed by atoms with van der Waals surface area (Å²) >= 11 is 0. The zero-order valence-corrected chi connectivity index (χ0v) is 13.2. The van der Waals surface area contributed by atoms with Crippen molar-refractivity contribution >= 4 is 5.91 Å². The van der Waals surface area contributed by atoms with Crippen LogP contribution in [-0.4, -0.2) is 73.2 Å². The van der Waals surface area contributed by atoms with Crippen LogP contribution in [0.25, 0.3) is 0 Å². The second kappa shape index (κ2) is 6.87. The molecule has 0 unspecified atom stereocenters. The van der Waals surface area contributed by atoms with Crippen LogP contribution in [0.4, 0.5) is 0 Å². The van der Waals surface area contributed by atoms with Gasteiger partial charge in [-0.1, -0.05) is 0 Å². The zero-order chi connectivity index (χ0) is 14.6. The van der Waals surface area contributed by atoms with E-state index in [1.54, 1.807) is 0 Å². The van der Waals surface area contributed by atoms with E-state index in [1.165, 1.54) is 0 Å². The highest BCUT2D eigenvalue weighted by Gasteiger charge is 2.28. The molecule has 5 heteroatoms. The summed E-state index contributed by atoms with van der Waals surface area (Å²) in [5.74, 6) is 0.150. The van der Waals surface area contributed by atoms with Crippen molar-refractivity contribution in [3.63, 3.8) is 0 Å². The third kappa shape index (κ3) is 4.43. The number of hydrogen-bond donors (Lipinski definition) is 1. The van der Waals surface area contributed by atoms with E-state index in [-0.39, 0.29) is 24.2 Å². The summed E-state index contributed by atoms with van der Waals surface area (Å²) in [5.41, 5.74) is 0.195. The zero-order valence-electron chi connectivity index (χ0n) is 13.2. The molecule has 20 heavy (non-hydrogen) atoms. The summed E-state index contributed by atoms with van der Waals surface area (Å²) in [6.45, 7) is 12.5. The van der Waals surface area contributed by atoms with Gasteiger partial charge in [0, 0.05) is 31.7 Å². The number of carbonyl (C=O) groups excluding carboxylic acids is 1. The Balaban J connectivity index is 1.69. The molecular formula is C15H29N3O2. The number of hydrogen-bond acceptors (Lipinski definition) is 4. The summed E-state index contributed by atoms with van der Waals surface area (Å²) in [7, 11) is 0. The van der Waals surface area contributed by atoms with Gasteiger partial charge >= 0.3 is 0 Å². The van der Waals surface area contributed by atoms with E-state index in [2.05, 4.69) is 31.0 Å². The molecule has 2 aliphatic heterocycles. The van der Waals surface area contributed by atoms with E-state index in [4.69, 9.17) is 4.74 Å². The molecule has 2 saturated heterocycles. The Morgan fingerprint density at radius 2 is 1.75 bits per heavy atom. The van der Waals surface area contributed by atoms with Gasteiger partial charge < -0.3 is 15.0 Å². The molecule has 0 saturated carbocycles. The highest BCUT2D eigenvalue weighted by molar-refractivity contribution is 5.77. The number of piperidine rings is 1. The normalized spacial score (nSPS) is 23.1. The standard InChI is InChI=1S/C15H29N3O2/c1-15(2,3)18-10-8-17(9-11-18)14(19)12-20-13-4-6-16-7-5-13/h13,16H,4-12H2,1-3H3. The van der Waals surface area contributed by atoms with Crippen molar-refractivity contribution in [2.45, 2.75) is 45.3 Å². The lowest BCUT2D eigenvalue weighted by Crippen LogP contribution is -2.55. The van der Waals surface area contributed by atoms with Crippen LogP contribution in [0.2, 0.25) is 0 Å². The second-order valence-corrected chi connectivity index (χ2v) is 6.80. The number of ether oxygens (including phenoxy) is 1. The van der Waals surface area contributed by atoms with Crippen molar-refractivity contribution in [3.05, 3.63) is 0 Å². The van der Waals surface area contributed by atoms with Gasteiger partial charge in [0.05, 0.1) is 6.10 Å². The molecule has 1 N–H and O–H groups in total. The van der Waals surface area contributed by atoms with Crippen LogP contribution in [0.15, 0.2) is 0 Å². The average molecular weight is 283 g/mol. The van der Waals surface area contributed by atoms with E-state index < -0.39 is 0 Å². The molecule has 0 aromatic heterocycles. The molecule has 2 aliphatic rings. The maximum atomic E-state index is 12.2. The SMILES string of the molecule is CC(C)(C)N1CCN(C(=O)COC2CCNCC2)CC1. The fourth-order valence-electron chi connectivity index (χ4n) is 2.87. The first kappa shape index (κ1) is 15.7. The number of carbonyl (C=O) groups is 1. The van der Waals surface area contributed by atoms with Gasteiger partial charge in [-0.3, -0.25) is 9.69 Å². The number of amides is 1. The molecule has 0 aromatic carbocycles. The smallest absolute Gasteiger partial charge is 0.248 e. The van der Waals surface area contributed by atoms with Gasteiger partial charge in [0.1, 0.15) is 6.61 Å². The van der Waals surface area contributed by atoms with E-state index in [9.17, 15) is 4.79 Å². The molecule has 116 valence electrons. The van der Waals surface area contributed by atoms with Crippen molar-refractivity contribution in [1.82, 2.24) is 15.1 Å². The van der Waals surface area contributed by atoms with E-state index >= 15 is 0 Å². The minimum absolute atomic E-state index is 0.150. The first-order valence-corrected chi connectivity index (χ1v) is 7.82. The van der Waals surface area contributed by atoms with Gasteiger partial charge in [-0.25, -0.2) is 0 Å². The fourth-order valence-corrected chi connectivity index (χ4v) is 2.87. The van der Waals surface area contributed by atoms with Crippen LogP contribution in [-0.2, 0) is 9.53 Å². The van der Waals surface area contributed by atoms with Gasteiger partial charge in [0.25, 0.3) is 0 Å². The fraction of sp³-hybridized carbons (Fsp3) is 0.933. The summed E-state index contributed by atoms with van der Waals surface area (Å²) in [5, 5.41) is 3.30. The summed E-state index contributed by atoms with van der Waals surface area (Å²) in [4.78, 5) is 16.5. The first-order chi connectivity index (χ1) is 9.47. The van der Waals surface area contributed by atoms with E-state index in [0.29, 0.717) is 0 Å². The number of rotatable bonds is 3. The summed E-state index contributed by atoms with van der Waals surface area (Å²) in [6, 6.07) is 0. The van der Waals surface area contributed by atoms with Gasteiger partial charge in [0.15, 0.2) is 0 Å². The monoisotopic (exact) mass is 283 g/mol. The maximum absolute atomic E-state index is 12.2. The van der Waals surface area contributed by atoms with Crippen molar-refractivity contribution in [2.75, 3.05) is 45.9 Å². The van der Waals surface area contributed by atoms with Crippen LogP contribution >= 0.6 is 0 Å². The molecule has 5 nitrogen and oxygen atoms in total. The molecule has 0 atom stereocenters. The lowest BCUT2D eigenvalue weighted by Gasteiger charge is -2.42. The van der Waals surface area contributed by atoms with Gasteiger partial charge in [0.2, 0.25) is 5.91 Å². The highest BCUT2D eigenvalue weighted by atomic mass is 16.5. The lowest BCUT2D eigenvalue weighted by atomic mass is 10.1. The summed E-state index contributed by atoms with van der Waals surface area (Å²) in [6.07, 6.45) is 2.30. The Kier molecular flexibility index (Phi) is 5.41. The maximum Gasteiger partial charge on any atom is 0.248 e. The van der Waals surface area contributed by atoms with Crippen LogP contribution in [0.1, 0.15) is 33.6 Å². The minimum Gasteiger partial charge on any atom is -0.368 e. The van der Waals surface area contributed by atoms with Crippen LogP contribution in [0.3, 0.4) is 0 Å². The minimum atomic E-state index is 0.150. The third-order valence-corrected chi connectivity index (χ3v) is 4.31. The lowest BCUT2D eigenvalue weighted by molar-refractivity contribution is -0.141. The average Bonchev–Trinajstić information content (AvgIpc) is 2.45. The Bertz CT molecular complexity index is 314. The van der Waals surface area contributed by atoms with Crippen LogP contribution < -0.4 is 5.32 Å². The Morgan fingerprint density at radius 1 is 1.15 bits per heavy atom. The molecule has 2 fully saturated rings. The molecule has 2 rings (SSSR count). The molecule has 0 aromatic rings. The van der Waals surface area contributed by atoms with E-state index in [0.717, 1.165) is 52.1 Å². The van der Waals surface area contributed by atoms with Crippen molar-refractivity contribution in [1.29, 1.82) is 0 Å². The van der Waals surface area contributed by atoms with Crippen LogP contribution in [0.5, 0.6) is 0 Å². The van der Waals surface area contributed by atoms with Gasteiger partial charge in [-0.15, -0.1) is 0 Å². The van der Waals surface area contributed by atoms with Crippen molar-refractivity contribution in [2.24, 2.45) is 0 Å².